The number of aliphatic imine (C=N–C) groups is 1. The average molecular weight is 527 g/mol. The Morgan fingerprint density at radius 2 is 2.05 bits per heavy atom. The molecule has 2 aliphatic heterocycles. The third-order valence-electron chi connectivity index (χ3n) is 8.90. The summed E-state index contributed by atoms with van der Waals surface area (Å²) >= 11 is 0. The van der Waals surface area contributed by atoms with Gasteiger partial charge >= 0.3 is 0 Å². The number of aliphatic hydroxyl groups is 1. The van der Waals surface area contributed by atoms with E-state index in [9.17, 15) is 5.11 Å². The van der Waals surface area contributed by atoms with E-state index in [2.05, 4.69) is 61.7 Å². The first-order valence-electron chi connectivity index (χ1n) is 15.1. The number of unbranched alkanes of at least 4 members (excludes halogenated alkanes) is 1. The van der Waals surface area contributed by atoms with Gasteiger partial charge in [0, 0.05) is 42.4 Å². The van der Waals surface area contributed by atoms with Crippen molar-refractivity contribution in [3.8, 4) is 0 Å². The first-order valence-corrected chi connectivity index (χ1v) is 15.1. The van der Waals surface area contributed by atoms with Crippen molar-refractivity contribution in [1.82, 2.24) is 5.32 Å². The summed E-state index contributed by atoms with van der Waals surface area (Å²) < 4.78 is 12.8. The molecule has 0 aromatic heterocycles. The quantitative estimate of drug-likeness (QED) is 0.301. The predicted molar refractivity (Wildman–Crippen MR) is 157 cm³/mol. The monoisotopic (exact) mass is 526 g/mol. The number of hydrogen-bond acceptors (Lipinski definition) is 5. The van der Waals surface area contributed by atoms with Gasteiger partial charge in [-0.1, -0.05) is 75.1 Å². The number of amidine groups is 1. The standard InChI is InChI=1S/C34H42N2O3/c1-3-5-10-22(4-2)21-38-33-20-29(35-34(36-33)26-13-8-9-14-30(26)37)25-15-16-31-27(18-25)28-17-23-11-6-7-12-24(23)19-32(28)39-31/h7-8,12-13,15,17-18,20,22,24,29,31,37H,3-6,9-11,14,16,19,21H2,1-2H3,(H,35,36). The Labute approximate surface area is 233 Å². The molecule has 6 aliphatic rings. The SMILES string of the molecule is CCCCC(CC)COC1=CC(C2=CCC3OC4=C(C=C5CCC=CC5C4)C3=C2)NC(C2=C(O)CCC=C2)=N1. The highest BCUT2D eigenvalue weighted by Crippen LogP contribution is 2.46. The number of fused-ring (bicyclic) bond motifs is 3. The molecular weight excluding hydrogens is 484 g/mol. The highest BCUT2D eigenvalue weighted by atomic mass is 16.5. The Bertz CT molecular complexity index is 1270. The van der Waals surface area contributed by atoms with Gasteiger partial charge in [0.1, 0.15) is 23.5 Å². The summed E-state index contributed by atoms with van der Waals surface area (Å²) in [5.41, 5.74) is 6.11. The van der Waals surface area contributed by atoms with Crippen molar-refractivity contribution in [2.24, 2.45) is 16.8 Å². The molecule has 0 amide bonds. The van der Waals surface area contributed by atoms with E-state index in [1.807, 2.05) is 6.08 Å². The van der Waals surface area contributed by atoms with E-state index in [4.69, 9.17) is 14.5 Å². The fourth-order valence-electron chi connectivity index (χ4n) is 6.46. The molecule has 0 spiro atoms. The van der Waals surface area contributed by atoms with Gasteiger partial charge in [-0.3, -0.25) is 0 Å². The molecule has 4 aliphatic carbocycles. The van der Waals surface area contributed by atoms with E-state index in [1.54, 1.807) is 5.57 Å². The summed E-state index contributed by atoms with van der Waals surface area (Å²) in [5.74, 6) is 3.89. The molecular formula is C34H42N2O3. The number of nitrogens with zero attached hydrogens (tertiary/aromatic N) is 1. The Morgan fingerprint density at radius 3 is 2.90 bits per heavy atom. The number of nitrogens with one attached hydrogen (secondary N) is 1. The molecule has 0 bridgehead atoms. The maximum atomic E-state index is 10.7. The smallest absolute Gasteiger partial charge is 0.213 e. The summed E-state index contributed by atoms with van der Waals surface area (Å²) in [4.78, 5) is 4.84. The molecule has 4 unspecified atom stereocenters. The van der Waals surface area contributed by atoms with Crippen LogP contribution in [0.5, 0.6) is 0 Å². The molecule has 2 heterocycles. The zero-order valence-corrected chi connectivity index (χ0v) is 23.4. The molecule has 0 aromatic rings. The highest BCUT2D eigenvalue weighted by Gasteiger charge is 2.37. The van der Waals surface area contributed by atoms with E-state index in [0.717, 1.165) is 49.9 Å². The van der Waals surface area contributed by atoms with Crippen molar-refractivity contribution in [2.75, 3.05) is 6.61 Å². The van der Waals surface area contributed by atoms with Crippen LogP contribution < -0.4 is 5.32 Å². The van der Waals surface area contributed by atoms with Crippen LogP contribution in [0.25, 0.3) is 0 Å². The minimum absolute atomic E-state index is 0.0847. The Balaban J connectivity index is 1.26. The number of aliphatic hydroxyl groups excluding tert-OH is 1. The van der Waals surface area contributed by atoms with E-state index < -0.39 is 0 Å². The maximum Gasteiger partial charge on any atom is 0.213 e. The fraction of sp³-hybridized carbons (Fsp3) is 0.500. The van der Waals surface area contributed by atoms with Crippen LogP contribution in [0.15, 0.2) is 98.9 Å². The zero-order valence-electron chi connectivity index (χ0n) is 23.4. The second kappa shape index (κ2) is 11.5. The van der Waals surface area contributed by atoms with Gasteiger partial charge in [-0.05, 0) is 43.3 Å². The minimum Gasteiger partial charge on any atom is -0.512 e. The maximum absolute atomic E-state index is 10.7. The first-order chi connectivity index (χ1) is 19.1. The molecule has 6 rings (SSSR count). The van der Waals surface area contributed by atoms with Crippen LogP contribution in [0.1, 0.15) is 78.1 Å². The normalized spacial score (nSPS) is 28.2. The van der Waals surface area contributed by atoms with Crippen LogP contribution in [-0.2, 0) is 9.47 Å². The van der Waals surface area contributed by atoms with Gasteiger partial charge in [0.05, 0.1) is 18.2 Å². The lowest BCUT2D eigenvalue weighted by molar-refractivity contribution is 0.152. The van der Waals surface area contributed by atoms with Crippen LogP contribution in [-0.4, -0.2) is 29.7 Å². The van der Waals surface area contributed by atoms with Crippen LogP contribution >= 0.6 is 0 Å². The number of allylic oxidation sites excluding steroid dienone is 7. The fourth-order valence-corrected chi connectivity index (χ4v) is 6.46. The van der Waals surface area contributed by atoms with E-state index >= 15 is 0 Å². The van der Waals surface area contributed by atoms with Gasteiger partial charge in [-0.15, -0.1) is 0 Å². The molecule has 39 heavy (non-hydrogen) atoms. The lowest BCUT2D eigenvalue weighted by Crippen LogP contribution is -2.39. The number of rotatable bonds is 9. The number of hydrogen-bond donors (Lipinski definition) is 2. The molecule has 0 saturated heterocycles. The van der Waals surface area contributed by atoms with E-state index in [-0.39, 0.29) is 12.1 Å². The molecule has 206 valence electrons. The molecule has 0 radical (unpaired) electrons. The Kier molecular flexibility index (Phi) is 7.67. The molecule has 0 saturated carbocycles. The third kappa shape index (κ3) is 5.46. The Hall–Kier alpha value is -3.21. The van der Waals surface area contributed by atoms with Crippen molar-refractivity contribution in [3.63, 3.8) is 0 Å². The summed E-state index contributed by atoms with van der Waals surface area (Å²) in [6, 6.07) is -0.0847. The second-order valence-corrected chi connectivity index (χ2v) is 11.6. The summed E-state index contributed by atoms with van der Waals surface area (Å²) in [6.07, 6.45) is 28.3. The van der Waals surface area contributed by atoms with Gasteiger partial charge in [-0.25, -0.2) is 0 Å². The van der Waals surface area contributed by atoms with Gasteiger partial charge in [0.2, 0.25) is 5.88 Å². The topological polar surface area (TPSA) is 63.1 Å². The molecule has 5 nitrogen and oxygen atoms in total. The van der Waals surface area contributed by atoms with Crippen LogP contribution in [0.4, 0.5) is 0 Å². The highest BCUT2D eigenvalue weighted by molar-refractivity contribution is 6.03. The third-order valence-corrected chi connectivity index (χ3v) is 8.90. The minimum atomic E-state index is -0.0847. The summed E-state index contributed by atoms with van der Waals surface area (Å²) in [6.45, 7) is 5.14. The molecule has 2 N–H and O–H groups in total. The predicted octanol–water partition coefficient (Wildman–Crippen LogP) is 7.80. The zero-order chi connectivity index (χ0) is 26.8. The van der Waals surface area contributed by atoms with Gasteiger partial charge in [0.15, 0.2) is 0 Å². The molecule has 0 aromatic carbocycles. The average Bonchev–Trinajstić information content (AvgIpc) is 3.32. The van der Waals surface area contributed by atoms with Gasteiger partial charge < -0.3 is 19.9 Å². The largest absolute Gasteiger partial charge is 0.512 e. The van der Waals surface area contributed by atoms with Crippen molar-refractivity contribution in [3.05, 3.63) is 93.9 Å². The van der Waals surface area contributed by atoms with Crippen LogP contribution in [0.2, 0.25) is 0 Å². The van der Waals surface area contributed by atoms with Gasteiger partial charge in [0.25, 0.3) is 0 Å². The lowest BCUT2D eigenvalue weighted by Gasteiger charge is -2.29. The summed E-state index contributed by atoms with van der Waals surface area (Å²) in [7, 11) is 0. The van der Waals surface area contributed by atoms with Crippen molar-refractivity contribution in [1.29, 1.82) is 0 Å². The van der Waals surface area contributed by atoms with Gasteiger partial charge in [-0.2, -0.15) is 4.99 Å². The molecule has 5 heteroatoms. The van der Waals surface area contributed by atoms with Crippen molar-refractivity contribution >= 4 is 5.84 Å². The van der Waals surface area contributed by atoms with E-state index in [0.29, 0.717) is 42.3 Å². The lowest BCUT2D eigenvalue weighted by atomic mass is 9.79. The van der Waals surface area contributed by atoms with Crippen molar-refractivity contribution < 1.29 is 14.6 Å². The second-order valence-electron chi connectivity index (χ2n) is 11.6. The Morgan fingerprint density at radius 1 is 1.15 bits per heavy atom. The van der Waals surface area contributed by atoms with Crippen molar-refractivity contribution in [2.45, 2.75) is 90.2 Å². The number of ether oxygens (including phenoxy) is 2. The first kappa shape index (κ1) is 26.0. The molecule has 0 fully saturated rings. The summed E-state index contributed by atoms with van der Waals surface area (Å²) in [5, 5.41) is 14.3. The van der Waals surface area contributed by atoms with Crippen LogP contribution in [0, 0.1) is 11.8 Å². The van der Waals surface area contributed by atoms with E-state index in [1.165, 1.54) is 36.0 Å². The molecule has 4 atom stereocenters. The van der Waals surface area contributed by atoms with Crippen LogP contribution in [0.3, 0.4) is 0 Å².